The summed E-state index contributed by atoms with van der Waals surface area (Å²) in [5.74, 6) is 1.30. The summed E-state index contributed by atoms with van der Waals surface area (Å²) in [6, 6.07) is 6.92. The maximum Gasteiger partial charge on any atom is 0.267 e. The molecule has 114 valence electrons. The van der Waals surface area contributed by atoms with Crippen molar-refractivity contribution < 1.29 is 4.74 Å². The van der Waals surface area contributed by atoms with Crippen LogP contribution in [-0.2, 0) is 4.74 Å². The summed E-state index contributed by atoms with van der Waals surface area (Å²) in [6.07, 6.45) is 4.03. The summed E-state index contributed by atoms with van der Waals surface area (Å²) in [5.41, 5.74) is 0.936. The van der Waals surface area contributed by atoms with Crippen molar-refractivity contribution in [2.45, 2.75) is 30.8 Å². The topological polar surface area (TPSA) is 81.9 Å². The van der Waals surface area contributed by atoms with Crippen molar-refractivity contribution in [3.63, 3.8) is 0 Å². The van der Waals surface area contributed by atoms with Gasteiger partial charge < -0.3 is 10.1 Å². The molecule has 2 fully saturated rings. The number of anilines is 1. The Bertz CT molecular complexity index is 710. The first kappa shape index (κ1) is 13.4. The Hall–Kier alpha value is -2.28. The van der Waals surface area contributed by atoms with Crippen LogP contribution >= 0.6 is 0 Å². The van der Waals surface area contributed by atoms with Gasteiger partial charge in [0.15, 0.2) is 0 Å². The number of aromatic nitrogens is 4. The van der Waals surface area contributed by atoms with E-state index in [0.29, 0.717) is 24.9 Å². The van der Waals surface area contributed by atoms with Crippen LogP contribution in [0.3, 0.4) is 0 Å². The number of ether oxygens (including phenoxy) is 1. The Balaban J connectivity index is 1.51. The Morgan fingerprint density at radius 3 is 2.82 bits per heavy atom. The summed E-state index contributed by atoms with van der Waals surface area (Å²) in [6.45, 7) is 0.974. The predicted molar refractivity (Wildman–Crippen MR) is 79.8 cm³/mol. The fraction of sp³-hybridized carbons (Fsp3) is 0.467. The van der Waals surface area contributed by atoms with Gasteiger partial charge in [0, 0.05) is 18.2 Å². The minimum absolute atomic E-state index is 0.0475. The molecule has 2 aromatic rings. The Labute approximate surface area is 127 Å². The van der Waals surface area contributed by atoms with E-state index in [4.69, 9.17) is 4.74 Å². The lowest BCUT2D eigenvalue weighted by Gasteiger charge is -2.20. The average molecular weight is 299 g/mol. The molecule has 2 aromatic heterocycles. The zero-order chi connectivity index (χ0) is 14.9. The fourth-order valence-electron chi connectivity index (χ4n) is 2.75. The van der Waals surface area contributed by atoms with Gasteiger partial charge in [-0.2, -0.15) is 10.2 Å². The average Bonchev–Trinajstić information content (AvgIpc) is 3.29. The zero-order valence-corrected chi connectivity index (χ0v) is 12.1. The Kier molecular flexibility index (Phi) is 3.34. The van der Waals surface area contributed by atoms with Crippen LogP contribution in [0.4, 0.5) is 5.82 Å². The molecule has 2 aliphatic rings. The SMILES string of the molecule is O=c1cccnn1C1COCC1Nc1ccc(C2CC2)nn1. The van der Waals surface area contributed by atoms with E-state index in [1.807, 2.05) is 12.1 Å². The molecule has 2 unspecified atom stereocenters. The van der Waals surface area contributed by atoms with Gasteiger partial charge in [-0.3, -0.25) is 4.79 Å². The molecular formula is C15H17N5O2. The molecule has 1 saturated heterocycles. The van der Waals surface area contributed by atoms with Crippen molar-refractivity contribution in [1.29, 1.82) is 0 Å². The molecule has 3 heterocycles. The quantitative estimate of drug-likeness (QED) is 0.905. The molecular weight excluding hydrogens is 282 g/mol. The summed E-state index contributed by atoms with van der Waals surface area (Å²) < 4.78 is 6.98. The summed E-state index contributed by atoms with van der Waals surface area (Å²) >= 11 is 0. The van der Waals surface area contributed by atoms with E-state index in [0.717, 1.165) is 5.69 Å². The summed E-state index contributed by atoms with van der Waals surface area (Å²) in [4.78, 5) is 11.9. The minimum atomic E-state index is -0.140. The molecule has 2 atom stereocenters. The van der Waals surface area contributed by atoms with Gasteiger partial charge in [-0.1, -0.05) is 0 Å². The smallest absolute Gasteiger partial charge is 0.267 e. The minimum Gasteiger partial charge on any atom is -0.377 e. The number of nitrogens with zero attached hydrogens (tertiary/aromatic N) is 4. The lowest BCUT2D eigenvalue weighted by Crippen LogP contribution is -2.37. The van der Waals surface area contributed by atoms with Crippen LogP contribution in [0.5, 0.6) is 0 Å². The monoisotopic (exact) mass is 299 g/mol. The van der Waals surface area contributed by atoms with Crippen LogP contribution < -0.4 is 10.9 Å². The fourth-order valence-corrected chi connectivity index (χ4v) is 2.75. The molecule has 7 heteroatoms. The van der Waals surface area contributed by atoms with Gasteiger partial charge in [0.05, 0.1) is 24.9 Å². The molecule has 1 aliphatic heterocycles. The lowest BCUT2D eigenvalue weighted by molar-refractivity contribution is 0.182. The predicted octanol–water partition coefficient (Wildman–Crippen LogP) is 0.963. The number of hydrogen-bond donors (Lipinski definition) is 1. The highest BCUT2D eigenvalue weighted by atomic mass is 16.5. The third-order valence-corrected chi connectivity index (χ3v) is 4.12. The molecule has 0 spiro atoms. The highest BCUT2D eigenvalue weighted by Gasteiger charge is 2.31. The van der Waals surface area contributed by atoms with Crippen LogP contribution in [0.25, 0.3) is 0 Å². The normalized spacial score (nSPS) is 24.4. The maximum absolute atomic E-state index is 11.9. The molecule has 7 nitrogen and oxygen atoms in total. The first-order valence-corrected chi connectivity index (χ1v) is 7.53. The van der Waals surface area contributed by atoms with Gasteiger partial charge >= 0.3 is 0 Å². The highest BCUT2D eigenvalue weighted by molar-refractivity contribution is 5.36. The van der Waals surface area contributed by atoms with Gasteiger partial charge in [-0.15, -0.1) is 5.10 Å². The maximum atomic E-state index is 11.9. The molecule has 0 bridgehead atoms. The van der Waals surface area contributed by atoms with Crippen molar-refractivity contribution in [3.05, 3.63) is 46.5 Å². The lowest BCUT2D eigenvalue weighted by atomic mass is 10.1. The molecule has 0 amide bonds. The number of nitrogens with one attached hydrogen (secondary N) is 1. The van der Waals surface area contributed by atoms with Gasteiger partial charge in [0.1, 0.15) is 11.9 Å². The third kappa shape index (κ3) is 2.59. The molecule has 0 radical (unpaired) electrons. The Morgan fingerprint density at radius 1 is 1.18 bits per heavy atom. The van der Waals surface area contributed by atoms with Crippen LogP contribution in [-0.4, -0.2) is 39.2 Å². The molecule has 1 N–H and O–H groups in total. The third-order valence-electron chi connectivity index (χ3n) is 4.12. The molecule has 4 rings (SSSR count). The van der Waals surface area contributed by atoms with Crippen molar-refractivity contribution in [2.24, 2.45) is 0 Å². The van der Waals surface area contributed by atoms with Gasteiger partial charge in [0.2, 0.25) is 0 Å². The second kappa shape index (κ2) is 5.49. The second-order valence-corrected chi connectivity index (χ2v) is 5.78. The molecule has 22 heavy (non-hydrogen) atoms. The van der Waals surface area contributed by atoms with Crippen LogP contribution in [0, 0.1) is 0 Å². The first-order valence-electron chi connectivity index (χ1n) is 7.53. The van der Waals surface area contributed by atoms with E-state index >= 15 is 0 Å². The highest BCUT2D eigenvalue weighted by Crippen LogP contribution is 2.38. The van der Waals surface area contributed by atoms with Crippen molar-refractivity contribution in [1.82, 2.24) is 20.0 Å². The largest absolute Gasteiger partial charge is 0.377 e. The molecule has 1 saturated carbocycles. The standard InChI is InChI=1S/C15H17N5O2/c21-15-2-1-7-16-20(15)13-9-22-8-12(13)17-14-6-5-11(18-19-14)10-3-4-10/h1-2,5-7,10,12-13H,3-4,8-9H2,(H,17,19). The summed E-state index contributed by atoms with van der Waals surface area (Å²) in [5, 5.41) is 15.9. The van der Waals surface area contributed by atoms with E-state index in [1.165, 1.54) is 23.6 Å². The van der Waals surface area contributed by atoms with E-state index in [1.54, 1.807) is 12.3 Å². The van der Waals surface area contributed by atoms with Gasteiger partial charge in [-0.05, 0) is 31.0 Å². The van der Waals surface area contributed by atoms with Crippen LogP contribution in [0.2, 0.25) is 0 Å². The number of hydrogen-bond acceptors (Lipinski definition) is 6. The Morgan fingerprint density at radius 2 is 2.09 bits per heavy atom. The first-order chi connectivity index (χ1) is 10.8. The zero-order valence-electron chi connectivity index (χ0n) is 12.1. The van der Waals surface area contributed by atoms with E-state index < -0.39 is 0 Å². The van der Waals surface area contributed by atoms with Crippen LogP contribution in [0.15, 0.2) is 35.3 Å². The number of rotatable bonds is 4. The van der Waals surface area contributed by atoms with Crippen molar-refractivity contribution >= 4 is 5.82 Å². The van der Waals surface area contributed by atoms with E-state index in [-0.39, 0.29) is 17.6 Å². The van der Waals surface area contributed by atoms with E-state index in [9.17, 15) is 4.79 Å². The van der Waals surface area contributed by atoms with Crippen LogP contribution in [0.1, 0.15) is 30.5 Å². The molecule has 1 aliphatic carbocycles. The van der Waals surface area contributed by atoms with E-state index in [2.05, 4.69) is 20.6 Å². The van der Waals surface area contributed by atoms with Gasteiger partial charge in [-0.25, -0.2) is 4.68 Å². The molecule has 0 aromatic carbocycles. The van der Waals surface area contributed by atoms with Crippen molar-refractivity contribution in [2.75, 3.05) is 18.5 Å². The second-order valence-electron chi connectivity index (χ2n) is 5.78. The van der Waals surface area contributed by atoms with Gasteiger partial charge in [0.25, 0.3) is 5.56 Å². The summed E-state index contributed by atoms with van der Waals surface area (Å²) in [7, 11) is 0. The van der Waals surface area contributed by atoms with Crippen molar-refractivity contribution in [3.8, 4) is 0 Å².